The first-order chi connectivity index (χ1) is 21.2. The number of carbonyl (C=O) groups is 6. The Morgan fingerprint density at radius 2 is 1.11 bits per heavy atom. The topological polar surface area (TPSA) is 148 Å². The van der Waals surface area contributed by atoms with Crippen LogP contribution in [0.4, 0.5) is 17.1 Å². The van der Waals surface area contributed by atoms with Crippen LogP contribution >= 0.6 is 0 Å². The molecule has 4 amide bonds. The third-order valence-corrected chi connectivity index (χ3v) is 6.48. The molecule has 1 aliphatic heterocycles. The molecule has 220 valence electrons. The summed E-state index contributed by atoms with van der Waals surface area (Å²) in [5.41, 5.74) is 1.99. The van der Waals surface area contributed by atoms with Crippen LogP contribution in [0.2, 0.25) is 0 Å². The maximum atomic E-state index is 12.9. The van der Waals surface area contributed by atoms with Crippen molar-refractivity contribution in [2.24, 2.45) is 0 Å². The predicted molar refractivity (Wildman–Crippen MR) is 160 cm³/mol. The van der Waals surface area contributed by atoms with Gasteiger partial charge in [-0.3, -0.25) is 24.1 Å². The molecular weight excluding hydrogens is 566 g/mol. The van der Waals surface area contributed by atoms with E-state index in [2.05, 4.69) is 10.6 Å². The van der Waals surface area contributed by atoms with Gasteiger partial charge in [-0.1, -0.05) is 6.07 Å². The Morgan fingerprint density at radius 1 is 0.614 bits per heavy atom. The van der Waals surface area contributed by atoms with Gasteiger partial charge in [-0.05, 0) is 91.0 Å². The van der Waals surface area contributed by atoms with Crippen molar-refractivity contribution in [1.82, 2.24) is 0 Å². The molecule has 1 saturated heterocycles. The third kappa shape index (κ3) is 7.02. The highest BCUT2D eigenvalue weighted by Crippen LogP contribution is 2.24. The van der Waals surface area contributed by atoms with E-state index in [1.807, 2.05) is 0 Å². The number of ether oxygens (including phenoxy) is 2. The summed E-state index contributed by atoms with van der Waals surface area (Å²) in [7, 11) is 0. The summed E-state index contributed by atoms with van der Waals surface area (Å²) in [5, 5.41) is 5.34. The Kier molecular flexibility index (Phi) is 8.57. The highest BCUT2D eigenvalue weighted by molar-refractivity contribution is 6.19. The number of nitrogens with zero attached hydrogens (tertiary/aromatic N) is 1. The first-order valence-corrected chi connectivity index (χ1v) is 13.5. The van der Waals surface area contributed by atoms with Crippen molar-refractivity contribution in [2.75, 3.05) is 15.5 Å². The molecule has 0 unspecified atom stereocenters. The molecule has 1 fully saturated rings. The Hall–Kier alpha value is -6.10. The van der Waals surface area contributed by atoms with Crippen molar-refractivity contribution < 1.29 is 38.2 Å². The monoisotopic (exact) mass is 591 g/mol. The average Bonchev–Trinajstić information content (AvgIpc) is 3.36. The van der Waals surface area contributed by atoms with Crippen molar-refractivity contribution in [3.8, 4) is 11.5 Å². The molecular formula is C33H25N3O8. The Morgan fingerprint density at radius 3 is 1.66 bits per heavy atom. The smallest absolute Gasteiger partial charge is 0.343 e. The van der Waals surface area contributed by atoms with E-state index in [1.54, 1.807) is 36.4 Å². The van der Waals surface area contributed by atoms with E-state index in [0.717, 1.165) is 4.90 Å². The SMILES string of the molecule is CC(=O)Nc1ccc(OC(=O)c2cccc(C(=O)Nc3ccc(OC(=O)c4ccc(N5C(=O)CCC5=O)cc4)cc3)c2)cc1. The number of amides is 4. The maximum Gasteiger partial charge on any atom is 0.343 e. The number of benzene rings is 4. The van der Waals surface area contributed by atoms with Gasteiger partial charge >= 0.3 is 11.9 Å². The molecule has 11 heteroatoms. The van der Waals surface area contributed by atoms with E-state index in [9.17, 15) is 28.8 Å². The van der Waals surface area contributed by atoms with Crippen LogP contribution in [0.5, 0.6) is 11.5 Å². The lowest BCUT2D eigenvalue weighted by Gasteiger charge is -2.14. The number of imide groups is 1. The van der Waals surface area contributed by atoms with Crippen LogP contribution in [0.25, 0.3) is 0 Å². The number of esters is 2. The minimum atomic E-state index is -0.661. The zero-order chi connectivity index (χ0) is 31.2. The van der Waals surface area contributed by atoms with Crippen molar-refractivity contribution >= 4 is 52.6 Å². The number of anilines is 3. The molecule has 0 bridgehead atoms. The highest BCUT2D eigenvalue weighted by atomic mass is 16.5. The number of rotatable bonds is 8. The van der Waals surface area contributed by atoms with E-state index < -0.39 is 17.8 Å². The molecule has 1 aliphatic rings. The van der Waals surface area contributed by atoms with E-state index >= 15 is 0 Å². The van der Waals surface area contributed by atoms with Gasteiger partial charge in [0.05, 0.1) is 16.8 Å². The molecule has 11 nitrogen and oxygen atoms in total. The van der Waals surface area contributed by atoms with Gasteiger partial charge in [0.25, 0.3) is 5.91 Å². The van der Waals surface area contributed by atoms with E-state index in [1.165, 1.54) is 67.6 Å². The zero-order valence-corrected chi connectivity index (χ0v) is 23.4. The van der Waals surface area contributed by atoms with Gasteiger partial charge in [0, 0.05) is 36.7 Å². The standard InChI is InChI=1S/C33H25N3O8/c1-20(37)34-24-7-13-28(14-8-24)44-33(42)23-4-2-3-22(19-23)31(40)35-25-9-15-27(16-10-25)43-32(41)21-5-11-26(12-6-21)36-29(38)17-18-30(36)39/h2-16,19H,17-18H2,1H3,(H,34,37)(H,35,40). The second-order valence-corrected chi connectivity index (χ2v) is 9.71. The molecule has 0 atom stereocenters. The van der Waals surface area contributed by atoms with Crippen LogP contribution < -0.4 is 25.0 Å². The molecule has 5 rings (SSSR count). The summed E-state index contributed by atoms with van der Waals surface area (Å²) in [6.45, 7) is 1.39. The average molecular weight is 592 g/mol. The lowest BCUT2D eigenvalue weighted by atomic mass is 10.1. The fraction of sp³-hybridized carbons (Fsp3) is 0.0909. The summed E-state index contributed by atoms with van der Waals surface area (Å²) in [6.07, 6.45) is 0.332. The van der Waals surface area contributed by atoms with Crippen LogP contribution in [0, 0.1) is 0 Å². The zero-order valence-electron chi connectivity index (χ0n) is 23.4. The van der Waals surface area contributed by atoms with Gasteiger partial charge in [0.1, 0.15) is 11.5 Å². The van der Waals surface area contributed by atoms with E-state index in [-0.39, 0.29) is 58.8 Å². The summed E-state index contributed by atoms with van der Waals surface area (Å²) in [6, 6.07) is 24.4. The summed E-state index contributed by atoms with van der Waals surface area (Å²) >= 11 is 0. The summed E-state index contributed by atoms with van der Waals surface area (Å²) < 4.78 is 10.8. The van der Waals surface area contributed by atoms with Gasteiger partial charge < -0.3 is 20.1 Å². The first kappa shape index (κ1) is 29.4. The third-order valence-electron chi connectivity index (χ3n) is 6.48. The van der Waals surface area contributed by atoms with Crippen LogP contribution in [-0.2, 0) is 14.4 Å². The lowest BCUT2D eigenvalue weighted by Crippen LogP contribution is -2.28. The molecule has 4 aromatic carbocycles. The van der Waals surface area contributed by atoms with Gasteiger partial charge in [-0.25, -0.2) is 9.59 Å². The largest absolute Gasteiger partial charge is 0.423 e. The van der Waals surface area contributed by atoms with Gasteiger partial charge in [0.15, 0.2) is 0 Å². The van der Waals surface area contributed by atoms with Crippen molar-refractivity contribution in [1.29, 1.82) is 0 Å². The number of hydrogen-bond donors (Lipinski definition) is 2. The fourth-order valence-electron chi connectivity index (χ4n) is 4.35. The van der Waals surface area contributed by atoms with Crippen molar-refractivity contribution in [3.05, 3.63) is 114 Å². The highest BCUT2D eigenvalue weighted by Gasteiger charge is 2.30. The maximum absolute atomic E-state index is 12.9. The van der Waals surface area contributed by atoms with Crippen LogP contribution in [-0.4, -0.2) is 35.6 Å². The van der Waals surface area contributed by atoms with Gasteiger partial charge in [0.2, 0.25) is 17.7 Å². The number of nitrogens with one attached hydrogen (secondary N) is 2. The Labute approximate surface area is 251 Å². The molecule has 2 N–H and O–H groups in total. The van der Waals surface area contributed by atoms with E-state index in [4.69, 9.17) is 9.47 Å². The van der Waals surface area contributed by atoms with Crippen LogP contribution in [0.1, 0.15) is 50.8 Å². The fourth-order valence-corrected chi connectivity index (χ4v) is 4.35. The molecule has 0 aliphatic carbocycles. The van der Waals surface area contributed by atoms with Gasteiger partial charge in [-0.2, -0.15) is 0 Å². The molecule has 0 saturated carbocycles. The molecule has 0 aromatic heterocycles. The number of carbonyl (C=O) groups excluding carboxylic acids is 6. The second kappa shape index (κ2) is 12.8. The lowest BCUT2D eigenvalue weighted by molar-refractivity contribution is -0.121. The van der Waals surface area contributed by atoms with Crippen molar-refractivity contribution in [2.45, 2.75) is 19.8 Å². The molecule has 0 radical (unpaired) electrons. The number of hydrogen-bond acceptors (Lipinski definition) is 8. The summed E-state index contributed by atoms with van der Waals surface area (Å²) in [5.74, 6) is -2.05. The summed E-state index contributed by atoms with van der Waals surface area (Å²) in [4.78, 5) is 74.2. The van der Waals surface area contributed by atoms with Gasteiger partial charge in [-0.15, -0.1) is 0 Å². The minimum absolute atomic E-state index is 0.164. The first-order valence-electron chi connectivity index (χ1n) is 13.5. The van der Waals surface area contributed by atoms with Crippen molar-refractivity contribution in [3.63, 3.8) is 0 Å². The minimum Gasteiger partial charge on any atom is -0.423 e. The second-order valence-electron chi connectivity index (χ2n) is 9.71. The quantitative estimate of drug-likeness (QED) is 0.165. The molecule has 4 aromatic rings. The van der Waals surface area contributed by atoms with Crippen LogP contribution in [0.15, 0.2) is 97.1 Å². The van der Waals surface area contributed by atoms with E-state index in [0.29, 0.717) is 17.1 Å². The molecule has 1 heterocycles. The molecule has 44 heavy (non-hydrogen) atoms. The Balaban J connectivity index is 1.16. The Bertz CT molecular complexity index is 1750. The predicted octanol–water partition coefficient (Wildman–Crippen LogP) is 4.99. The van der Waals surface area contributed by atoms with Crippen LogP contribution in [0.3, 0.4) is 0 Å². The molecule has 0 spiro atoms. The normalized spacial score (nSPS) is 12.4.